The molecule has 0 unspecified atom stereocenters. The van der Waals surface area contributed by atoms with Gasteiger partial charge in [-0.25, -0.2) is 0 Å². The molecule has 3 nitrogen and oxygen atoms in total. The van der Waals surface area contributed by atoms with Gasteiger partial charge in [0.15, 0.2) is 5.78 Å². The van der Waals surface area contributed by atoms with Gasteiger partial charge in [0.2, 0.25) is 6.41 Å². The lowest BCUT2D eigenvalue weighted by molar-refractivity contribution is -0.120. The van der Waals surface area contributed by atoms with Crippen LogP contribution in [0.1, 0.15) is 18.4 Å². The Balaban J connectivity index is 2.18. The smallest absolute Gasteiger partial charge is 0.214 e. The second-order valence-electron chi connectivity index (χ2n) is 4.40. The number of rotatable bonds is 5. The summed E-state index contributed by atoms with van der Waals surface area (Å²) in [5.74, 6) is 0.349. The number of hydrogen-bond acceptors (Lipinski definition) is 2. The molecular weight excluding hydrogens is 282 g/mol. The summed E-state index contributed by atoms with van der Waals surface area (Å²) in [6, 6.07) is 5.71. The molecule has 0 bridgehead atoms. The Morgan fingerprint density at radius 1 is 1.53 bits per heavy atom. The third-order valence-electron chi connectivity index (χ3n) is 2.97. The summed E-state index contributed by atoms with van der Waals surface area (Å²) in [5, 5.41) is 0. The molecule has 0 saturated heterocycles. The van der Waals surface area contributed by atoms with E-state index in [4.69, 9.17) is 0 Å². The molecule has 0 heterocycles. The first-order chi connectivity index (χ1) is 8.11. The minimum Gasteiger partial charge on any atom is -0.307 e. The summed E-state index contributed by atoms with van der Waals surface area (Å²) in [4.78, 5) is 24.3. The van der Waals surface area contributed by atoms with E-state index in [-0.39, 0.29) is 18.2 Å². The van der Waals surface area contributed by atoms with E-state index in [2.05, 4.69) is 15.9 Å². The van der Waals surface area contributed by atoms with Gasteiger partial charge in [-0.2, -0.15) is 0 Å². The molecule has 1 saturated carbocycles. The maximum Gasteiger partial charge on any atom is 0.214 e. The zero-order valence-corrected chi connectivity index (χ0v) is 11.2. The number of nitrogens with zero attached hydrogens (tertiary/aromatic N) is 1. The van der Waals surface area contributed by atoms with Crippen LogP contribution in [0.15, 0.2) is 22.7 Å². The van der Waals surface area contributed by atoms with Crippen LogP contribution in [0, 0.1) is 12.8 Å². The van der Waals surface area contributed by atoms with Crippen LogP contribution < -0.4 is 4.90 Å². The van der Waals surface area contributed by atoms with Crippen molar-refractivity contribution in [2.45, 2.75) is 19.8 Å². The highest BCUT2D eigenvalue weighted by molar-refractivity contribution is 9.10. The first kappa shape index (κ1) is 12.3. The van der Waals surface area contributed by atoms with Crippen molar-refractivity contribution in [2.75, 3.05) is 11.4 Å². The quantitative estimate of drug-likeness (QED) is 0.783. The van der Waals surface area contributed by atoms with E-state index in [0.29, 0.717) is 0 Å². The summed E-state index contributed by atoms with van der Waals surface area (Å²) in [5.41, 5.74) is 1.78. The van der Waals surface area contributed by atoms with Gasteiger partial charge in [-0.1, -0.05) is 22.0 Å². The Morgan fingerprint density at radius 2 is 2.24 bits per heavy atom. The number of ketones is 1. The zero-order valence-electron chi connectivity index (χ0n) is 9.65. The van der Waals surface area contributed by atoms with Crippen LogP contribution in [0.25, 0.3) is 0 Å². The fourth-order valence-corrected chi connectivity index (χ4v) is 2.12. The van der Waals surface area contributed by atoms with Gasteiger partial charge in [0.05, 0.1) is 6.54 Å². The SMILES string of the molecule is Cc1ccc(Br)cc1N(C=O)CC(=O)C1CC1. The van der Waals surface area contributed by atoms with Crippen LogP contribution in [0.4, 0.5) is 5.69 Å². The van der Waals surface area contributed by atoms with Crippen LogP contribution in [0.3, 0.4) is 0 Å². The van der Waals surface area contributed by atoms with E-state index in [1.54, 1.807) is 0 Å². The van der Waals surface area contributed by atoms with Crippen LogP contribution in [-0.4, -0.2) is 18.7 Å². The first-order valence-corrected chi connectivity index (χ1v) is 6.42. The molecule has 0 spiro atoms. The molecule has 1 amide bonds. The number of aryl methyl sites for hydroxylation is 1. The van der Waals surface area contributed by atoms with Crippen molar-refractivity contribution in [2.24, 2.45) is 5.92 Å². The Hall–Kier alpha value is -1.16. The number of amides is 1. The lowest BCUT2D eigenvalue weighted by Gasteiger charge is -2.19. The molecule has 4 heteroatoms. The van der Waals surface area contributed by atoms with Crippen molar-refractivity contribution >= 4 is 33.8 Å². The number of Topliss-reactive ketones (excluding diaryl/α,β-unsaturated/α-hetero) is 1. The average molecular weight is 296 g/mol. The normalized spacial score (nSPS) is 14.5. The molecule has 0 aliphatic heterocycles. The van der Waals surface area contributed by atoms with Gasteiger partial charge >= 0.3 is 0 Å². The zero-order chi connectivity index (χ0) is 12.4. The standard InChI is InChI=1S/C13H14BrNO2/c1-9-2-5-11(14)6-12(9)15(8-16)7-13(17)10-3-4-10/h2,5-6,8,10H,3-4,7H2,1H3. The number of anilines is 1. The summed E-state index contributed by atoms with van der Waals surface area (Å²) in [6.07, 6.45) is 2.68. The highest BCUT2D eigenvalue weighted by Gasteiger charge is 2.30. The third kappa shape index (κ3) is 2.94. The molecule has 1 aromatic rings. The van der Waals surface area contributed by atoms with Gasteiger partial charge in [-0.3, -0.25) is 9.59 Å². The van der Waals surface area contributed by atoms with E-state index in [0.717, 1.165) is 35.0 Å². The minimum absolute atomic E-state index is 0.163. The Labute approximate surface area is 109 Å². The summed E-state index contributed by atoms with van der Waals surface area (Å²) in [7, 11) is 0. The molecule has 1 aliphatic carbocycles. The van der Waals surface area contributed by atoms with E-state index < -0.39 is 0 Å². The average Bonchev–Trinajstić information content (AvgIpc) is 3.13. The largest absolute Gasteiger partial charge is 0.307 e. The number of carbonyl (C=O) groups is 2. The predicted octanol–water partition coefficient (Wildman–Crippen LogP) is 2.70. The number of benzene rings is 1. The van der Waals surface area contributed by atoms with Crippen LogP contribution >= 0.6 is 15.9 Å². The fourth-order valence-electron chi connectivity index (χ4n) is 1.77. The van der Waals surface area contributed by atoms with E-state index in [1.165, 1.54) is 4.90 Å². The minimum atomic E-state index is 0.163. The lowest BCUT2D eigenvalue weighted by atomic mass is 10.1. The molecule has 1 fully saturated rings. The molecule has 0 atom stereocenters. The first-order valence-electron chi connectivity index (χ1n) is 5.62. The van der Waals surface area contributed by atoms with E-state index in [1.807, 2.05) is 25.1 Å². The molecule has 1 aliphatic rings. The molecule has 17 heavy (non-hydrogen) atoms. The molecule has 0 radical (unpaired) electrons. The van der Waals surface area contributed by atoms with Crippen molar-refractivity contribution in [3.05, 3.63) is 28.2 Å². The maximum absolute atomic E-state index is 11.7. The number of carbonyl (C=O) groups excluding carboxylic acids is 2. The Morgan fingerprint density at radius 3 is 2.82 bits per heavy atom. The van der Waals surface area contributed by atoms with E-state index >= 15 is 0 Å². The van der Waals surface area contributed by atoms with Crippen molar-refractivity contribution in [1.29, 1.82) is 0 Å². The molecule has 0 N–H and O–H groups in total. The second kappa shape index (κ2) is 5.00. The Bertz CT molecular complexity index is 455. The summed E-state index contributed by atoms with van der Waals surface area (Å²) in [6.45, 7) is 2.12. The highest BCUT2D eigenvalue weighted by Crippen LogP contribution is 2.31. The maximum atomic E-state index is 11.7. The number of hydrogen-bond donors (Lipinski definition) is 0. The third-order valence-corrected chi connectivity index (χ3v) is 3.46. The van der Waals surface area contributed by atoms with Crippen molar-refractivity contribution < 1.29 is 9.59 Å². The molecule has 1 aromatic carbocycles. The van der Waals surface area contributed by atoms with Crippen LogP contribution in [0.2, 0.25) is 0 Å². The monoisotopic (exact) mass is 295 g/mol. The Kier molecular flexibility index (Phi) is 3.62. The van der Waals surface area contributed by atoms with Crippen LogP contribution in [-0.2, 0) is 9.59 Å². The van der Waals surface area contributed by atoms with Gasteiger partial charge in [0.25, 0.3) is 0 Å². The van der Waals surface area contributed by atoms with Gasteiger partial charge in [-0.05, 0) is 37.5 Å². The molecular formula is C13H14BrNO2. The van der Waals surface area contributed by atoms with Crippen LogP contribution in [0.5, 0.6) is 0 Å². The highest BCUT2D eigenvalue weighted by atomic mass is 79.9. The van der Waals surface area contributed by atoms with Crippen molar-refractivity contribution in [1.82, 2.24) is 0 Å². The topological polar surface area (TPSA) is 37.4 Å². The molecule has 2 rings (SSSR count). The fraction of sp³-hybridized carbons (Fsp3) is 0.385. The van der Waals surface area contributed by atoms with Crippen molar-refractivity contribution in [3.63, 3.8) is 0 Å². The second-order valence-corrected chi connectivity index (χ2v) is 5.32. The number of halogens is 1. The van der Waals surface area contributed by atoms with Gasteiger partial charge in [-0.15, -0.1) is 0 Å². The van der Waals surface area contributed by atoms with E-state index in [9.17, 15) is 9.59 Å². The molecule has 0 aromatic heterocycles. The van der Waals surface area contributed by atoms with Gasteiger partial charge in [0, 0.05) is 16.1 Å². The lowest BCUT2D eigenvalue weighted by Crippen LogP contribution is -2.29. The van der Waals surface area contributed by atoms with Gasteiger partial charge in [0.1, 0.15) is 0 Å². The summed E-state index contributed by atoms with van der Waals surface area (Å²) >= 11 is 3.37. The van der Waals surface area contributed by atoms with Gasteiger partial charge < -0.3 is 4.90 Å². The summed E-state index contributed by atoms with van der Waals surface area (Å²) < 4.78 is 0.906. The predicted molar refractivity (Wildman–Crippen MR) is 70.0 cm³/mol. The van der Waals surface area contributed by atoms with Crippen molar-refractivity contribution in [3.8, 4) is 0 Å². The molecule has 90 valence electrons.